The molecule has 1 saturated carbocycles. The highest BCUT2D eigenvalue weighted by molar-refractivity contribution is 9.10. The number of nitro groups is 1. The maximum atomic E-state index is 11.4. The van der Waals surface area contributed by atoms with E-state index in [1.807, 2.05) is 6.07 Å². The zero-order valence-electron chi connectivity index (χ0n) is 10.9. The van der Waals surface area contributed by atoms with Gasteiger partial charge >= 0.3 is 0 Å². The van der Waals surface area contributed by atoms with Crippen molar-refractivity contribution in [1.29, 1.82) is 0 Å². The third-order valence-corrected chi connectivity index (χ3v) is 3.68. The van der Waals surface area contributed by atoms with Gasteiger partial charge in [0, 0.05) is 31.6 Å². The third kappa shape index (κ3) is 4.57. The maximum absolute atomic E-state index is 11.4. The Morgan fingerprint density at radius 1 is 1.45 bits per heavy atom. The van der Waals surface area contributed by atoms with Crippen molar-refractivity contribution in [2.45, 2.75) is 31.8 Å². The molecule has 0 spiro atoms. The second-order valence-corrected chi connectivity index (χ2v) is 5.67. The molecule has 2 N–H and O–H groups in total. The standard InChI is InChI=1S/C13H16BrN3O3/c14-11-4-1-9(7-12(11)17(19)20)8-15-6-5-13(18)16-10-2-3-10/h1,4,7,10,15H,2-3,5-6,8H2,(H,16,18). The van der Waals surface area contributed by atoms with E-state index in [0.29, 0.717) is 30.0 Å². The molecule has 0 saturated heterocycles. The Labute approximate surface area is 125 Å². The van der Waals surface area contributed by atoms with E-state index in [1.54, 1.807) is 6.07 Å². The minimum Gasteiger partial charge on any atom is -0.353 e. The SMILES string of the molecule is O=C(CCNCc1ccc(Br)c([N+](=O)[O-])c1)NC1CC1. The lowest BCUT2D eigenvalue weighted by Gasteiger charge is -2.06. The Hall–Kier alpha value is -1.47. The molecule has 0 radical (unpaired) electrons. The van der Waals surface area contributed by atoms with E-state index < -0.39 is 4.92 Å². The summed E-state index contributed by atoms with van der Waals surface area (Å²) in [5, 5.41) is 16.8. The molecule has 0 atom stereocenters. The van der Waals surface area contributed by atoms with Crippen molar-refractivity contribution in [3.63, 3.8) is 0 Å². The number of nitrogens with zero attached hydrogens (tertiary/aromatic N) is 1. The summed E-state index contributed by atoms with van der Waals surface area (Å²) in [4.78, 5) is 21.8. The van der Waals surface area contributed by atoms with Gasteiger partial charge in [-0.25, -0.2) is 0 Å². The number of nitro benzene ring substituents is 1. The van der Waals surface area contributed by atoms with Crippen LogP contribution in [0.3, 0.4) is 0 Å². The van der Waals surface area contributed by atoms with Gasteiger partial charge < -0.3 is 10.6 Å². The lowest BCUT2D eigenvalue weighted by molar-refractivity contribution is -0.385. The van der Waals surface area contributed by atoms with Crippen LogP contribution in [0.4, 0.5) is 5.69 Å². The maximum Gasteiger partial charge on any atom is 0.283 e. The van der Waals surface area contributed by atoms with Crippen molar-refractivity contribution in [1.82, 2.24) is 10.6 Å². The predicted octanol–water partition coefficient (Wildman–Crippen LogP) is 2.12. The summed E-state index contributed by atoms with van der Waals surface area (Å²) < 4.78 is 0.468. The summed E-state index contributed by atoms with van der Waals surface area (Å²) in [6, 6.07) is 5.39. The van der Waals surface area contributed by atoms with E-state index >= 15 is 0 Å². The topological polar surface area (TPSA) is 84.3 Å². The Morgan fingerprint density at radius 3 is 2.85 bits per heavy atom. The molecule has 1 aliphatic rings. The summed E-state index contributed by atoms with van der Waals surface area (Å²) in [6.07, 6.45) is 2.60. The molecule has 0 heterocycles. The van der Waals surface area contributed by atoms with E-state index in [9.17, 15) is 14.9 Å². The molecule has 1 aromatic carbocycles. The molecule has 1 fully saturated rings. The van der Waals surface area contributed by atoms with E-state index in [0.717, 1.165) is 18.4 Å². The van der Waals surface area contributed by atoms with Crippen molar-refractivity contribution in [2.24, 2.45) is 0 Å². The molecule has 0 aliphatic heterocycles. The van der Waals surface area contributed by atoms with Gasteiger partial charge in [0.2, 0.25) is 5.91 Å². The number of amides is 1. The number of benzene rings is 1. The molecule has 108 valence electrons. The fourth-order valence-corrected chi connectivity index (χ4v) is 2.16. The third-order valence-electron chi connectivity index (χ3n) is 3.01. The molecule has 1 aromatic rings. The monoisotopic (exact) mass is 341 g/mol. The minimum atomic E-state index is -0.420. The number of hydrogen-bond donors (Lipinski definition) is 2. The van der Waals surface area contributed by atoms with Gasteiger partial charge in [0.15, 0.2) is 0 Å². The first-order valence-electron chi connectivity index (χ1n) is 6.49. The molecule has 0 unspecified atom stereocenters. The van der Waals surface area contributed by atoms with Gasteiger partial charge in [-0.3, -0.25) is 14.9 Å². The molecule has 2 rings (SSSR count). The second-order valence-electron chi connectivity index (χ2n) is 4.81. The number of nitrogens with one attached hydrogen (secondary N) is 2. The van der Waals surface area contributed by atoms with Gasteiger partial charge in [-0.15, -0.1) is 0 Å². The van der Waals surface area contributed by atoms with Gasteiger partial charge in [0.25, 0.3) is 5.69 Å². The molecule has 20 heavy (non-hydrogen) atoms. The summed E-state index contributed by atoms with van der Waals surface area (Å²) in [7, 11) is 0. The molecule has 1 amide bonds. The van der Waals surface area contributed by atoms with Crippen LogP contribution in [0.25, 0.3) is 0 Å². The quantitative estimate of drug-likeness (QED) is 0.452. The highest BCUT2D eigenvalue weighted by atomic mass is 79.9. The van der Waals surface area contributed by atoms with Crippen LogP contribution in [-0.4, -0.2) is 23.4 Å². The highest BCUT2D eigenvalue weighted by Gasteiger charge is 2.22. The van der Waals surface area contributed by atoms with Crippen molar-refractivity contribution in [2.75, 3.05) is 6.54 Å². The van der Waals surface area contributed by atoms with E-state index in [2.05, 4.69) is 26.6 Å². The smallest absolute Gasteiger partial charge is 0.283 e. The van der Waals surface area contributed by atoms with Crippen LogP contribution in [0.5, 0.6) is 0 Å². The highest BCUT2D eigenvalue weighted by Crippen LogP contribution is 2.25. The largest absolute Gasteiger partial charge is 0.353 e. The molecule has 6 nitrogen and oxygen atoms in total. The molecular formula is C13H16BrN3O3. The zero-order valence-corrected chi connectivity index (χ0v) is 12.5. The number of carbonyl (C=O) groups excluding carboxylic acids is 1. The number of hydrogen-bond acceptors (Lipinski definition) is 4. The lowest BCUT2D eigenvalue weighted by Crippen LogP contribution is -2.29. The molecule has 7 heteroatoms. The zero-order chi connectivity index (χ0) is 14.5. The summed E-state index contributed by atoms with van der Waals surface area (Å²) in [5.74, 6) is 0.0572. The fourth-order valence-electron chi connectivity index (χ4n) is 1.77. The van der Waals surface area contributed by atoms with Crippen LogP contribution in [0, 0.1) is 10.1 Å². The average Bonchev–Trinajstić information content (AvgIpc) is 3.20. The Kier molecular flexibility index (Phi) is 5.08. The Bertz CT molecular complexity index is 518. The van der Waals surface area contributed by atoms with Gasteiger partial charge in [-0.2, -0.15) is 0 Å². The van der Waals surface area contributed by atoms with Crippen LogP contribution < -0.4 is 10.6 Å². The van der Waals surface area contributed by atoms with Crippen LogP contribution in [0.1, 0.15) is 24.8 Å². The lowest BCUT2D eigenvalue weighted by atomic mass is 10.2. The number of halogens is 1. The number of carbonyl (C=O) groups is 1. The second kappa shape index (κ2) is 6.81. The Morgan fingerprint density at radius 2 is 2.20 bits per heavy atom. The fraction of sp³-hybridized carbons (Fsp3) is 0.462. The molecule has 0 aromatic heterocycles. The van der Waals surface area contributed by atoms with Crippen molar-refractivity contribution in [3.8, 4) is 0 Å². The predicted molar refractivity (Wildman–Crippen MR) is 78.3 cm³/mol. The minimum absolute atomic E-state index is 0.0516. The van der Waals surface area contributed by atoms with Gasteiger partial charge in [-0.1, -0.05) is 6.07 Å². The summed E-state index contributed by atoms with van der Waals surface area (Å²) in [5.41, 5.74) is 0.873. The van der Waals surface area contributed by atoms with Crippen molar-refractivity contribution in [3.05, 3.63) is 38.3 Å². The van der Waals surface area contributed by atoms with E-state index in [1.165, 1.54) is 6.07 Å². The normalized spacial score (nSPS) is 14.1. The molecule has 1 aliphatic carbocycles. The first-order chi connectivity index (χ1) is 9.56. The summed E-state index contributed by atoms with van der Waals surface area (Å²) in [6.45, 7) is 1.06. The van der Waals surface area contributed by atoms with Crippen LogP contribution in [-0.2, 0) is 11.3 Å². The van der Waals surface area contributed by atoms with E-state index in [4.69, 9.17) is 0 Å². The van der Waals surface area contributed by atoms with Crippen LogP contribution >= 0.6 is 15.9 Å². The van der Waals surface area contributed by atoms with Gasteiger partial charge in [-0.05, 0) is 40.4 Å². The summed E-state index contributed by atoms with van der Waals surface area (Å²) >= 11 is 3.15. The van der Waals surface area contributed by atoms with Crippen molar-refractivity contribution >= 4 is 27.5 Å². The first kappa shape index (κ1) is 14.9. The Balaban J connectivity index is 1.74. The molecular weight excluding hydrogens is 326 g/mol. The van der Waals surface area contributed by atoms with Crippen molar-refractivity contribution < 1.29 is 9.72 Å². The molecule has 0 bridgehead atoms. The first-order valence-corrected chi connectivity index (χ1v) is 7.28. The number of rotatable bonds is 7. The van der Waals surface area contributed by atoms with Crippen LogP contribution in [0.15, 0.2) is 22.7 Å². The van der Waals surface area contributed by atoms with Gasteiger partial charge in [0.05, 0.1) is 9.40 Å². The van der Waals surface area contributed by atoms with E-state index in [-0.39, 0.29) is 11.6 Å². The van der Waals surface area contributed by atoms with Crippen LogP contribution in [0.2, 0.25) is 0 Å². The van der Waals surface area contributed by atoms with Gasteiger partial charge in [0.1, 0.15) is 0 Å². The average molecular weight is 342 g/mol.